The molecule has 1 aliphatic rings. The lowest BCUT2D eigenvalue weighted by Gasteiger charge is -2.15. The number of para-hydroxylation sites is 1. The van der Waals surface area contributed by atoms with E-state index in [-0.39, 0.29) is 17.9 Å². The normalized spacial score (nSPS) is 14.0. The molecule has 1 fully saturated rings. The molecule has 4 rings (SSSR count). The van der Waals surface area contributed by atoms with E-state index in [0.717, 1.165) is 25.2 Å². The zero-order valence-electron chi connectivity index (χ0n) is 17.5. The molecule has 6 nitrogen and oxygen atoms in total. The molecule has 0 saturated carbocycles. The van der Waals surface area contributed by atoms with Gasteiger partial charge < -0.3 is 5.32 Å². The number of carbonyl (C=O) groups is 1. The molecule has 0 radical (unpaired) electrons. The molecular weight excluding hydrogens is 395 g/mol. The van der Waals surface area contributed by atoms with E-state index in [1.54, 1.807) is 25.1 Å². The Balaban J connectivity index is 1.45. The van der Waals surface area contributed by atoms with Gasteiger partial charge in [-0.2, -0.15) is 5.10 Å². The Morgan fingerprint density at radius 2 is 1.74 bits per heavy atom. The molecule has 0 bridgehead atoms. The van der Waals surface area contributed by atoms with Crippen LogP contribution in [0.4, 0.5) is 4.39 Å². The molecule has 7 heteroatoms. The molecule has 2 heterocycles. The van der Waals surface area contributed by atoms with Crippen molar-refractivity contribution in [2.45, 2.75) is 32.9 Å². The molecule has 0 aliphatic carbocycles. The predicted octanol–water partition coefficient (Wildman–Crippen LogP) is 3.21. The number of nitrogens with zero attached hydrogens (tertiary/aromatic N) is 3. The van der Waals surface area contributed by atoms with Gasteiger partial charge in [-0.3, -0.25) is 14.5 Å². The van der Waals surface area contributed by atoms with Crippen LogP contribution in [0, 0.1) is 12.7 Å². The van der Waals surface area contributed by atoms with Gasteiger partial charge in [-0.05, 0) is 56.1 Å². The maximum atomic E-state index is 14.2. The van der Waals surface area contributed by atoms with E-state index in [4.69, 9.17) is 0 Å². The van der Waals surface area contributed by atoms with E-state index in [1.165, 1.54) is 35.2 Å². The number of aryl methyl sites for hydroxylation is 1. The summed E-state index contributed by atoms with van der Waals surface area (Å²) in [4.78, 5) is 27.4. The van der Waals surface area contributed by atoms with E-state index in [0.29, 0.717) is 5.69 Å². The van der Waals surface area contributed by atoms with Crippen LogP contribution in [-0.2, 0) is 13.1 Å². The second kappa shape index (κ2) is 9.22. The average molecular weight is 420 g/mol. The van der Waals surface area contributed by atoms with Gasteiger partial charge in [0, 0.05) is 24.8 Å². The molecule has 160 valence electrons. The Kier molecular flexibility index (Phi) is 6.23. The topological polar surface area (TPSA) is 67.2 Å². The Morgan fingerprint density at radius 3 is 2.45 bits per heavy atom. The van der Waals surface area contributed by atoms with Crippen molar-refractivity contribution in [1.29, 1.82) is 0 Å². The third kappa shape index (κ3) is 4.88. The molecule has 1 saturated heterocycles. The smallest absolute Gasteiger partial charge is 0.276 e. The van der Waals surface area contributed by atoms with Crippen LogP contribution in [0.25, 0.3) is 5.69 Å². The van der Waals surface area contributed by atoms with Crippen LogP contribution in [-0.4, -0.2) is 33.7 Å². The maximum Gasteiger partial charge on any atom is 0.276 e. The lowest BCUT2D eigenvalue weighted by atomic mass is 10.1. The van der Waals surface area contributed by atoms with Gasteiger partial charge in [0.05, 0.1) is 0 Å². The fourth-order valence-electron chi connectivity index (χ4n) is 3.80. The minimum Gasteiger partial charge on any atom is -0.346 e. The maximum absolute atomic E-state index is 14.2. The van der Waals surface area contributed by atoms with Gasteiger partial charge in [-0.1, -0.05) is 36.4 Å². The largest absolute Gasteiger partial charge is 0.346 e. The number of rotatable bonds is 6. The van der Waals surface area contributed by atoms with Gasteiger partial charge >= 0.3 is 0 Å². The third-order valence-corrected chi connectivity index (χ3v) is 5.48. The summed E-state index contributed by atoms with van der Waals surface area (Å²) in [7, 11) is 0. The highest BCUT2D eigenvalue weighted by Gasteiger charge is 2.17. The molecule has 2 aromatic carbocycles. The number of halogens is 1. The standard InChI is InChI=1S/C24H25FN4O2/c1-17-14-22(30)23(27-29(17)21-7-3-2-6-20(21)25)24(31)26-15-18-8-10-19(11-9-18)16-28-12-4-5-13-28/h2-3,6-11,14H,4-5,12-13,15-16H2,1H3,(H,26,31). The van der Waals surface area contributed by atoms with Gasteiger partial charge in [0.15, 0.2) is 5.69 Å². The Bertz CT molecular complexity index is 1140. The first kappa shape index (κ1) is 20.9. The zero-order valence-corrected chi connectivity index (χ0v) is 17.5. The van der Waals surface area contributed by atoms with Crippen molar-refractivity contribution in [2.75, 3.05) is 13.1 Å². The molecular formula is C24H25FN4O2. The fourth-order valence-corrected chi connectivity index (χ4v) is 3.80. The van der Waals surface area contributed by atoms with Gasteiger partial charge in [0.1, 0.15) is 11.5 Å². The number of hydrogen-bond acceptors (Lipinski definition) is 4. The molecule has 3 aromatic rings. The van der Waals surface area contributed by atoms with Crippen LogP contribution in [0.15, 0.2) is 59.4 Å². The van der Waals surface area contributed by atoms with Crippen LogP contribution in [0.3, 0.4) is 0 Å². The summed E-state index contributed by atoms with van der Waals surface area (Å²) in [6, 6.07) is 15.5. The number of hydrogen-bond donors (Lipinski definition) is 1. The SMILES string of the molecule is Cc1cc(=O)c(C(=O)NCc2ccc(CN3CCCC3)cc2)nn1-c1ccccc1F. The van der Waals surface area contributed by atoms with Crippen LogP contribution in [0.5, 0.6) is 0 Å². The first-order valence-corrected chi connectivity index (χ1v) is 10.5. The summed E-state index contributed by atoms with van der Waals surface area (Å²) in [5, 5.41) is 6.88. The molecule has 0 atom stereocenters. The minimum absolute atomic E-state index is 0.183. The zero-order chi connectivity index (χ0) is 21.8. The van der Waals surface area contributed by atoms with Crippen molar-refractivity contribution in [3.63, 3.8) is 0 Å². The third-order valence-electron chi connectivity index (χ3n) is 5.48. The molecule has 1 amide bonds. The van der Waals surface area contributed by atoms with Crippen LogP contribution in [0.1, 0.15) is 40.2 Å². The Hall–Kier alpha value is -3.32. The highest BCUT2D eigenvalue weighted by atomic mass is 19.1. The second-order valence-corrected chi connectivity index (χ2v) is 7.84. The number of carbonyl (C=O) groups excluding carboxylic acids is 1. The van der Waals surface area contributed by atoms with Gasteiger partial charge in [0.2, 0.25) is 5.43 Å². The van der Waals surface area contributed by atoms with Crippen LogP contribution < -0.4 is 10.7 Å². The average Bonchev–Trinajstić information content (AvgIpc) is 3.27. The molecule has 1 N–H and O–H groups in total. The molecule has 1 aromatic heterocycles. The summed E-state index contributed by atoms with van der Waals surface area (Å²) >= 11 is 0. The minimum atomic E-state index is -0.587. The summed E-state index contributed by atoms with van der Waals surface area (Å²) in [5.41, 5.74) is 2.04. The van der Waals surface area contributed by atoms with Crippen molar-refractivity contribution in [3.8, 4) is 5.69 Å². The van der Waals surface area contributed by atoms with Crippen LogP contribution >= 0.6 is 0 Å². The lowest BCUT2D eigenvalue weighted by Crippen LogP contribution is -2.31. The van der Waals surface area contributed by atoms with Crippen molar-refractivity contribution >= 4 is 5.91 Å². The highest BCUT2D eigenvalue weighted by molar-refractivity contribution is 5.92. The summed E-state index contributed by atoms with van der Waals surface area (Å²) < 4.78 is 15.5. The van der Waals surface area contributed by atoms with E-state index < -0.39 is 17.2 Å². The Labute approximate surface area is 180 Å². The second-order valence-electron chi connectivity index (χ2n) is 7.84. The van der Waals surface area contributed by atoms with Crippen molar-refractivity contribution in [3.05, 3.63) is 93.2 Å². The van der Waals surface area contributed by atoms with Gasteiger partial charge in [-0.15, -0.1) is 0 Å². The number of benzene rings is 2. The van der Waals surface area contributed by atoms with Crippen molar-refractivity contribution < 1.29 is 9.18 Å². The van der Waals surface area contributed by atoms with E-state index in [1.807, 2.05) is 12.1 Å². The first-order valence-electron chi connectivity index (χ1n) is 10.5. The number of likely N-dealkylation sites (tertiary alicyclic amines) is 1. The molecule has 31 heavy (non-hydrogen) atoms. The summed E-state index contributed by atoms with van der Waals surface area (Å²) in [5.74, 6) is -1.07. The quantitative estimate of drug-likeness (QED) is 0.665. The van der Waals surface area contributed by atoms with Crippen molar-refractivity contribution in [1.82, 2.24) is 20.0 Å². The van der Waals surface area contributed by atoms with Gasteiger partial charge in [0.25, 0.3) is 5.91 Å². The summed E-state index contributed by atoms with van der Waals surface area (Å²) in [6.07, 6.45) is 2.52. The number of aromatic nitrogens is 2. The predicted molar refractivity (Wildman–Crippen MR) is 117 cm³/mol. The van der Waals surface area contributed by atoms with Crippen LogP contribution in [0.2, 0.25) is 0 Å². The Morgan fingerprint density at radius 1 is 1.06 bits per heavy atom. The van der Waals surface area contributed by atoms with Gasteiger partial charge in [-0.25, -0.2) is 9.07 Å². The summed E-state index contributed by atoms with van der Waals surface area (Å²) in [6.45, 7) is 5.15. The number of nitrogens with one attached hydrogen (secondary N) is 1. The molecule has 0 unspecified atom stereocenters. The monoisotopic (exact) mass is 420 g/mol. The first-order chi connectivity index (χ1) is 15.0. The van der Waals surface area contributed by atoms with Crippen molar-refractivity contribution in [2.24, 2.45) is 0 Å². The molecule has 0 spiro atoms. The fraction of sp³-hybridized carbons (Fsp3) is 0.292. The lowest BCUT2D eigenvalue weighted by molar-refractivity contribution is 0.0943. The van der Waals surface area contributed by atoms with E-state index in [9.17, 15) is 14.0 Å². The van der Waals surface area contributed by atoms with E-state index >= 15 is 0 Å². The van der Waals surface area contributed by atoms with E-state index in [2.05, 4.69) is 27.4 Å². The highest BCUT2D eigenvalue weighted by Crippen LogP contribution is 2.14. The molecule has 1 aliphatic heterocycles. The number of amides is 1.